The highest BCUT2D eigenvalue weighted by Crippen LogP contribution is 2.21. The highest BCUT2D eigenvalue weighted by Gasteiger charge is 2.28. The summed E-state index contributed by atoms with van der Waals surface area (Å²) in [7, 11) is -4.11. The van der Waals surface area contributed by atoms with E-state index in [2.05, 4.69) is 0 Å². The normalized spacial score (nSPS) is 11.6. The van der Waals surface area contributed by atoms with Crippen molar-refractivity contribution in [2.24, 2.45) is 0 Å². The maximum absolute atomic E-state index is 13.7. The molecule has 1 rings (SSSR count). The van der Waals surface area contributed by atoms with Gasteiger partial charge in [-0.2, -0.15) is 4.31 Å². The smallest absolute Gasteiger partial charge is 0.321 e. The number of rotatable bonds is 6. The molecule has 0 heterocycles. The van der Waals surface area contributed by atoms with Crippen LogP contribution in [-0.4, -0.2) is 38.4 Å². The molecule has 20 heavy (non-hydrogen) atoms. The van der Waals surface area contributed by atoms with Gasteiger partial charge in [0.05, 0.1) is 6.61 Å². The van der Waals surface area contributed by atoms with Gasteiger partial charge in [-0.25, -0.2) is 12.8 Å². The number of sulfonamides is 1. The number of nitrogen functional groups attached to an aromatic ring is 1. The standard InChI is InChI=1S/C12H17FN2O4S/c1-3-15(8-12(16)19-4-2)20(17,18)11-6-5-9(14)7-10(11)13/h5-7H,3-4,8,14H2,1-2H3. The number of halogens is 1. The highest BCUT2D eigenvalue weighted by atomic mass is 32.2. The van der Waals surface area contributed by atoms with Crippen LogP contribution in [0.4, 0.5) is 10.1 Å². The average molecular weight is 304 g/mol. The molecule has 1 aromatic carbocycles. The van der Waals surface area contributed by atoms with Crippen LogP contribution in [-0.2, 0) is 19.6 Å². The fourth-order valence-corrected chi connectivity index (χ4v) is 3.02. The van der Waals surface area contributed by atoms with Crippen LogP contribution >= 0.6 is 0 Å². The predicted octanol–water partition coefficient (Wildman–Crippen LogP) is 0.982. The zero-order valence-electron chi connectivity index (χ0n) is 11.3. The number of carbonyl (C=O) groups excluding carboxylic acids is 1. The Kier molecular flexibility index (Phi) is 5.46. The molecule has 0 bridgehead atoms. The SMILES string of the molecule is CCOC(=O)CN(CC)S(=O)(=O)c1ccc(N)cc1F. The lowest BCUT2D eigenvalue weighted by atomic mass is 10.3. The summed E-state index contributed by atoms with van der Waals surface area (Å²) in [5.74, 6) is -1.64. The van der Waals surface area contributed by atoms with E-state index in [1.807, 2.05) is 0 Å². The van der Waals surface area contributed by atoms with Gasteiger partial charge in [-0.15, -0.1) is 0 Å². The number of nitrogens with zero attached hydrogens (tertiary/aromatic N) is 1. The van der Waals surface area contributed by atoms with Crippen LogP contribution in [0.25, 0.3) is 0 Å². The van der Waals surface area contributed by atoms with Crippen molar-refractivity contribution in [3.63, 3.8) is 0 Å². The molecule has 8 heteroatoms. The fraction of sp³-hybridized carbons (Fsp3) is 0.417. The topological polar surface area (TPSA) is 89.7 Å². The Bertz CT molecular complexity index is 589. The van der Waals surface area contributed by atoms with E-state index < -0.39 is 33.3 Å². The van der Waals surface area contributed by atoms with Crippen LogP contribution < -0.4 is 5.73 Å². The molecule has 0 aliphatic heterocycles. The molecule has 0 aliphatic carbocycles. The molecule has 0 saturated carbocycles. The molecular weight excluding hydrogens is 287 g/mol. The predicted molar refractivity (Wildman–Crippen MR) is 71.9 cm³/mol. The molecule has 0 atom stereocenters. The first-order valence-corrected chi connectivity index (χ1v) is 7.47. The molecule has 112 valence electrons. The van der Waals surface area contributed by atoms with Gasteiger partial charge in [0.25, 0.3) is 0 Å². The summed E-state index contributed by atoms with van der Waals surface area (Å²) in [6.45, 7) is 2.86. The van der Waals surface area contributed by atoms with Crippen molar-refractivity contribution in [1.29, 1.82) is 0 Å². The lowest BCUT2D eigenvalue weighted by Gasteiger charge is -2.19. The molecule has 0 radical (unpaired) electrons. The van der Waals surface area contributed by atoms with E-state index in [1.54, 1.807) is 13.8 Å². The van der Waals surface area contributed by atoms with Gasteiger partial charge in [-0.3, -0.25) is 4.79 Å². The number of esters is 1. The largest absolute Gasteiger partial charge is 0.465 e. The lowest BCUT2D eigenvalue weighted by Crippen LogP contribution is -2.36. The van der Waals surface area contributed by atoms with E-state index in [4.69, 9.17) is 10.5 Å². The van der Waals surface area contributed by atoms with Crippen molar-refractivity contribution in [2.75, 3.05) is 25.4 Å². The summed E-state index contributed by atoms with van der Waals surface area (Å²) >= 11 is 0. The van der Waals surface area contributed by atoms with Crippen LogP contribution in [0, 0.1) is 5.82 Å². The molecular formula is C12H17FN2O4S. The summed E-state index contributed by atoms with van der Waals surface area (Å²) in [6, 6.07) is 3.28. The van der Waals surface area contributed by atoms with Crippen molar-refractivity contribution in [3.8, 4) is 0 Å². The molecule has 0 saturated heterocycles. The number of hydrogen-bond donors (Lipinski definition) is 1. The number of benzene rings is 1. The molecule has 0 fully saturated rings. The van der Waals surface area contributed by atoms with E-state index in [1.165, 1.54) is 6.07 Å². The summed E-state index contributed by atoms with van der Waals surface area (Å²) < 4.78 is 43.8. The van der Waals surface area contributed by atoms with Crippen LogP contribution in [0.1, 0.15) is 13.8 Å². The molecule has 0 aliphatic rings. The molecule has 0 amide bonds. The van der Waals surface area contributed by atoms with Crippen molar-refractivity contribution in [1.82, 2.24) is 4.31 Å². The number of hydrogen-bond acceptors (Lipinski definition) is 5. The van der Waals surface area contributed by atoms with Gasteiger partial charge in [0.1, 0.15) is 17.3 Å². The lowest BCUT2D eigenvalue weighted by molar-refractivity contribution is -0.143. The van der Waals surface area contributed by atoms with E-state index in [0.29, 0.717) is 0 Å². The minimum atomic E-state index is -4.11. The van der Waals surface area contributed by atoms with Gasteiger partial charge in [-0.1, -0.05) is 6.92 Å². The fourth-order valence-electron chi connectivity index (χ4n) is 1.58. The highest BCUT2D eigenvalue weighted by molar-refractivity contribution is 7.89. The van der Waals surface area contributed by atoms with Gasteiger partial charge in [0, 0.05) is 12.2 Å². The van der Waals surface area contributed by atoms with E-state index in [-0.39, 0.29) is 18.8 Å². The van der Waals surface area contributed by atoms with Gasteiger partial charge in [0.15, 0.2) is 0 Å². The second-order valence-electron chi connectivity index (χ2n) is 3.93. The van der Waals surface area contributed by atoms with Crippen LogP contribution in [0.2, 0.25) is 0 Å². The molecule has 6 nitrogen and oxygen atoms in total. The zero-order valence-corrected chi connectivity index (χ0v) is 12.1. The summed E-state index contributed by atoms with van der Waals surface area (Å²) in [5.41, 5.74) is 5.50. The summed E-state index contributed by atoms with van der Waals surface area (Å²) in [5, 5.41) is 0. The van der Waals surface area contributed by atoms with Crippen molar-refractivity contribution in [2.45, 2.75) is 18.7 Å². The zero-order chi connectivity index (χ0) is 15.3. The maximum atomic E-state index is 13.7. The van der Waals surface area contributed by atoms with Crippen LogP contribution in [0.15, 0.2) is 23.1 Å². The Balaban J connectivity index is 3.09. The number of nitrogens with two attached hydrogens (primary N) is 1. The summed E-state index contributed by atoms with van der Waals surface area (Å²) in [4.78, 5) is 10.9. The van der Waals surface area contributed by atoms with Crippen molar-refractivity contribution < 1.29 is 22.3 Å². The van der Waals surface area contributed by atoms with E-state index >= 15 is 0 Å². The monoisotopic (exact) mass is 304 g/mol. The van der Waals surface area contributed by atoms with Crippen LogP contribution in [0.5, 0.6) is 0 Å². The average Bonchev–Trinajstić information content (AvgIpc) is 2.35. The molecule has 0 unspecified atom stereocenters. The molecule has 0 spiro atoms. The Labute approximate surface area is 117 Å². The second kappa shape index (κ2) is 6.67. The number of anilines is 1. The molecule has 2 N–H and O–H groups in total. The van der Waals surface area contributed by atoms with Crippen molar-refractivity contribution >= 4 is 21.7 Å². The first kappa shape index (κ1) is 16.4. The van der Waals surface area contributed by atoms with Gasteiger partial charge < -0.3 is 10.5 Å². The Morgan fingerprint density at radius 3 is 2.55 bits per heavy atom. The quantitative estimate of drug-likeness (QED) is 0.625. The third-order valence-corrected chi connectivity index (χ3v) is 4.49. The minimum absolute atomic E-state index is 0.0188. The third-order valence-electron chi connectivity index (χ3n) is 2.54. The number of carbonyl (C=O) groups is 1. The van der Waals surface area contributed by atoms with Gasteiger partial charge in [-0.05, 0) is 25.1 Å². The first-order valence-electron chi connectivity index (χ1n) is 6.03. The Morgan fingerprint density at radius 1 is 1.40 bits per heavy atom. The van der Waals surface area contributed by atoms with Crippen LogP contribution in [0.3, 0.4) is 0 Å². The first-order chi connectivity index (χ1) is 9.32. The summed E-state index contributed by atoms with van der Waals surface area (Å²) in [6.07, 6.45) is 0. The Hall–Kier alpha value is -1.67. The van der Waals surface area contributed by atoms with E-state index in [9.17, 15) is 17.6 Å². The van der Waals surface area contributed by atoms with Gasteiger partial charge in [0.2, 0.25) is 10.0 Å². The molecule has 0 aromatic heterocycles. The third kappa shape index (κ3) is 3.67. The van der Waals surface area contributed by atoms with E-state index in [0.717, 1.165) is 16.4 Å². The Morgan fingerprint density at radius 2 is 2.05 bits per heavy atom. The van der Waals surface area contributed by atoms with Crippen molar-refractivity contribution in [3.05, 3.63) is 24.0 Å². The second-order valence-corrected chi connectivity index (χ2v) is 5.83. The molecule has 1 aromatic rings. The van der Waals surface area contributed by atoms with Gasteiger partial charge >= 0.3 is 5.97 Å². The number of ether oxygens (including phenoxy) is 1. The maximum Gasteiger partial charge on any atom is 0.321 e. The number of likely N-dealkylation sites (N-methyl/N-ethyl adjacent to an activating group) is 1. The minimum Gasteiger partial charge on any atom is -0.465 e.